The van der Waals surface area contributed by atoms with E-state index in [2.05, 4.69) is 6.92 Å². The standard InChI is InChI=1S/C13H18O3/c1-11(6-5-9-13(14)15)10-16-12-7-3-2-4-8-12/h2-4,7-8,11H,5-6,9-10H2,1H3,(H,14,15). The zero-order valence-electron chi connectivity index (χ0n) is 9.56. The van der Waals surface area contributed by atoms with Gasteiger partial charge >= 0.3 is 5.97 Å². The second kappa shape index (κ2) is 6.88. The van der Waals surface area contributed by atoms with Crippen molar-refractivity contribution >= 4 is 5.97 Å². The summed E-state index contributed by atoms with van der Waals surface area (Å²) in [7, 11) is 0. The molecule has 0 fully saturated rings. The molecule has 0 saturated heterocycles. The minimum atomic E-state index is -0.726. The van der Waals surface area contributed by atoms with Crippen LogP contribution in [0.5, 0.6) is 5.75 Å². The van der Waals surface area contributed by atoms with Gasteiger partial charge in [-0.05, 0) is 30.9 Å². The first-order valence-electron chi connectivity index (χ1n) is 5.58. The molecule has 0 aromatic heterocycles. The maximum atomic E-state index is 10.3. The van der Waals surface area contributed by atoms with Crippen LogP contribution in [0, 0.1) is 5.92 Å². The largest absolute Gasteiger partial charge is 0.493 e. The second-order valence-electron chi connectivity index (χ2n) is 4.02. The Labute approximate surface area is 96.1 Å². The van der Waals surface area contributed by atoms with Crippen molar-refractivity contribution in [2.75, 3.05) is 6.61 Å². The lowest BCUT2D eigenvalue weighted by Gasteiger charge is -2.12. The molecule has 1 N–H and O–H groups in total. The predicted octanol–water partition coefficient (Wildman–Crippen LogP) is 2.96. The van der Waals surface area contributed by atoms with Crippen molar-refractivity contribution in [3.8, 4) is 5.75 Å². The van der Waals surface area contributed by atoms with E-state index in [1.807, 2.05) is 30.3 Å². The lowest BCUT2D eigenvalue weighted by Crippen LogP contribution is -2.09. The number of aliphatic carboxylic acids is 1. The molecule has 0 saturated carbocycles. The first kappa shape index (κ1) is 12.6. The van der Waals surface area contributed by atoms with Gasteiger partial charge in [-0.25, -0.2) is 0 Å². The summed E-state index contributed by atoms with van der Waals surface area (Å²) < 4.78 is 5.58. The Hall–Kier alpha value is -1.51. The van der Waals surface area contributed by atoms with Crippen LogP contribution in [0.1, 0.15) is 26.2 Å². The van der Waals surface area contributed by atoms with Gasteiger partial charge in [-0.15, -0.1) is 0 Å². The van der Waals surface area contributed by atoms with Crippen LogP contribution in [-0.2, 0) is 4.79 Å². The van der Waals surface area contributed by atoms with Crippen LogP contribution in [0.4, 0.5) is 0 Å². The highest BCUT2D eigenvalue weighted by Gasteiger charge is 2.05. The van der Waals surface area contributed by atoms with Crippen molar-refractivity contribution in [3.63, 3.8) is 0 Å². The van der Waals surface area contributed by atoms with Crippen LogP contribution < -0.4 is 4.74 Å². The zero-order chi connectivity index (χ0) is 11.8. The third kappa shape index (κ3) is 5.39. The van der Waals surface area contributed by atoms with E-state index in [1.54, 1.807) is 0 Å². The summed E-state index contributed by atoms with van der Waals surface area (Å²) in [6.07, 6.45) is 1.85. The summed E-state index contributed by atoms with van der Waals surface area (Å²) >= 11 is 0. The van der Waals surface area contributed by atoms with E-state index in [0.717, 1.165) is 12.2 Å². The van der Waals surface area contributed by atoms with Crippen LogP contribution in [0.15, 0.2) is 30.3 Å². The molecule has 0 amide bonds. The van der Waals surface area contributed by atoms with Gasteiger partial charge in [-0.1, -0.05) is 25.1 Å². The third-order valence-electron chi connectivity index (χ3n) is 2.37. The van der Waals surface area contributed by atoms with E-state index in [1.165, 1.54) is 0 Å². The minimum Gasteiger partial charge on any atom is -0.493 e. The molecule has 0 aliphatic carbocycles. The fourth-order valence-corrected chi connectivity index (χ4v) is 1.44. The van der Waals surface area contributed by atoms with Crippen molar-refractivity contribution in [1.82, 2.24) is 0 Å². The van der Waals surface area contributed by atoms with E-state index in [0.29, 0.717) is 18.9 Å². The lowest BCUT2D eigenvalue weighted by molar-refractivity contribution is -0.137. The number of carboxylic acid groups (broad SMARTS) is 1. The van der Waals surface area contributed by atoms with E-state index in [9.17, 15) is 4.79 Å². The summed E-state index contributed by atoms with van der Waals surface area (Å²) in [4.78, 5) is 10.3. The van der Waals surface area contributed by atoms with Gasteiger partial charge in [0.15, 0.2) is 0 Å². The molecular weight excluding hydrogens is 204 g/mol. The maximum Gasteiger partial charge on any atom is 0.303 e. The zero-order valence-corrected chi connectivity index (χ0v) is 9.56. The van der Waals surface area contributed by atoms with E-state index < -0.39 is 5.97 Å². The van der Waals surface area contributed by atoms with Crippen molar-refractivity contribution in [2.45, 2.75) is 26.2 Å². The highest BCUT2D eigenvalue weighted by atomic mass is 16.5. The molecule has 0 aliphatic heterocycles. The monoisotopic (exact) mass is 222 g/mol. The molecule has 88 valence electrons. The molecule has 0 bridgehead atoms. The van der Waals surface area contributed by atoms with Gasteiger partial charge in [0.2, 0.25) is 0 Å². The molecule has 0 aliphatic rings. The number of benzene rings is 1. The fourth-order valence-electron chi connectivity index (χ4n) is 1.44. The Morgan fingerprint density at radius 1 is 1.38 bits per heavy atom. The molecule has 1 aromatic carbocycles. The van der Waals surface area contributed by atoms with Crippen LogP contribution >= 0.6 is 0 Å². The normalized spacial score (nSPS) is 12.1. The maximum absolute atomic E-state index is 10.3. The first-order chi connectivity index (χ1) is 7.68. The van der Waals surface area contributed by atoms with Crippen molar-refractivity contribution in [3.05, 3.63) is 30.3 Å². The minimum absolute atomic E-state index is 0.246. The third-order valence-corrected chi connectivity index (χ3v) is 2.37. The van der Waals surface area contributed by atoms with Crippen LogP contribution in [0.2, 0.25) is 0 Å². The highest BCUT2D eigenvalue weighted by Crippen LogP contribution is 2.13. The molecule has 3 heteroatoms. The van der Waals surface area contributed by atoms with E-state index in [-0.39, 0.29) is 6.42 Å². The van der Waals surface area contributed by atoms with Crippen molar-refractivity contribution in [2.24, 2.45) is 5.92 Å². The fraction of sp³-hybridized carbons (Fsp3) is 0.462. The number of carbonyl (C=O) groups is 1. The number of para-hydroxylation sites is 1. The topological polar surface area (TPSA) is 46.5 Å². The first-order valence-corrected chi connectivity index (χ1v) is 5.58. The number of hydrogen-bond donors (Lipinski definition) is 1. The molecule has 0 heterocycles. The second-order valence-corrected chi connectivity index (χ2v) is 4.02. The summed E-state index contributed by atoms with van der Waals surface area (Å²) in [6.45, 7) is 2.72. The average molecular weight is 222 g/mol. The molecule has 0 radical (unpaired) electrons. The summed E-state index contributed by atoms with van der Waals surface area (Å²) in [5.74, 6) is 0.531. The summed E-state index contributed by atoms with van der Waals surface area (Å²) in [5, 5.41) is 8.50. The van der Waals surface area contributed by atoms with Gasteiger partial charge in [-0.3, -0.25) is 4.79 Å². The average Bonchev–Trinajstić information content (AvgIpc) is 2.27. The molecular formula is C13H18O3. The number of hydrogen-bond acceptors (Lipinski definition) is 2. The molecule has 1 rings (SSSR count). The molecule has 1 aromatic rings. The number of rotatable bonds is 7. The van der Waals surface area contributed by atoms with Crippen molar-refractivity contribution < 1.29 is 14.6 Å². The van der Waals surface area contributed by atoms with Crippen LogP contribution in [0.25, 0.3) is 0 Å². The Morgan fingerprint density at radius 2 is 2.06 bits per heavy atom. The SMILES string of the molecule is CC(CCCC(=O)O)COc1ccccc1. The van der Waals surface area contributed by atoms with Gasteiger partial charge in [0.1, 0.15) is 5.75 Å². The van der Waals surface area contributed by atoms with E-state index >= 15 is 0 Å². The van der Waals surface area contributed by atoms with Crippen LogP contribution in [0.3, 0.4) is 0 Å². The van der Waals surface area contributed by atoms with Crippen molar-refractivity contribution in [1.29, 1.82) is 0 Å². The highest BCUT2D eigenvalue weighted by molar-refractivity contribution is 5.66. The molecule has 1 unspecified atom stereocenters. The lowest BCUT2D eigenvalue weighted by atomic mass is 10.1. The molecule has 0 spiro atoms. The Balaban J connectivity index is 2.15. The van der Waals surface area contributed by atoms with Crippen LogP contribution in [-0.4, -0.2) is 17.7 Å². The molecule has 16 heavy (non-hydrogen) atoms. The predicted molar refractivity (Wildman–Crippen MR) is 62.6 cm³/mol. The van der Waals surface area contributed by atoms with Gasteiger partial charge in [0.25, 0.3) is 0 Å². The Morgan fingerprint density at radius 3 is 2.69 bits per heavy atom. The summed E-state index contributed by atoms with van der Waals surface area (Å²) in [6, 6.07) is 9.66. The quantitative estimate of drug-likeness (QED) is 0.771. The Kier molecular flexibility index (Phi) is 5.40. The van der Waals surface area contributed by atoms with Gasteiger partial charge in [0.05, 0.1) is 6.61 Å². The summed E-state index contributed by atoms with van der Waals surface area (Å²) in [5.41, 5.74) is 0. The van der Waals surface area contributed by atoms with Gasteiger partial charge in [0, 0.05) is 6.42 Å². The number of ether oxygens (including phenoxy) is 1. The van der Waals surface area contributed by atoms with E-state index in [4.69, 9.17) is 9.84 Å². The number of carboxylic acids is 1. The smallest absolute Gasteiger partial charge is 0.303 e. The van der Waals surface area contributed by atoms with Gasteiger partial charge < -0.3 is 9.84 Å². The molecule has 1 atom stereocenters. The Bertz CT molecular complexity index is 308. The van der Waals surface area contributed by atoms with Gasteiger partial charge in [-0.2, -0.15) is 0 Å². The molecule has 3 nitrogen and oxygen atoms in total.